The molecule has 4 aromatic carbocycles. The van der Waals surface area contributed by atoms with E-state index in [-0.39, 0.29) is 9.79 Å². The van der Waals surface area contributed by atoms with Crippen molar-refractivity contribution in [3.63, 3.8) is 0 Å². The molecule has 0 aromatic heterocycles. The van der Waals surface area contributed by atoms with Gasteiger partial charge in [-0.05, 0) is 86.5 Å². The highest BCUT2D eigenvalue weighted by Gasteiger charge is 2.27. The van der Waals surface area contributed by atoms with Gasteiger partial charge in [0.05, 0.1) is 21.2 Å². The van der Waals surface area contributed by atoms with E-state index in [4.69, 9.17) is 0 Å². The van der Waals surface area contributed by atoms with E-state index >= 15 is 0 Å². The van der Waals surface area contributed by atoms with Gasteiger partial charge in [-0.3, -0.25) is 13.8 Å². The Hall–Kier alpha value is -4.15. The van der Waals surface area contributed by atoms with Crippen molar-refractivity contribution in [1.29, 1.82) is 0 Å². The van der Waals surface area contributed by atoms with Crippen LogP contribution in [0.15, 0.2) is 107 Å². The number of nitrogens with zero attached hydrogens (tertiary/aromatic N) is 1. The summed E-state index contributed by atoms with van der Waals surface area (Å²) in [5, 5.41) is 2.66. The van der Waals surface area contributed by atoms with Crippen molar-refractivity contribution in [2.75, 3.05) is 20.9 Å². The van der Waals surface area contributed by atoms with Crippen LogP contribution in [0.1, 0.15) is 16.7 Å². The van der Waals surface area contributed by atoms with Gasteiger partial charge in [-0.25, -0.2) is 16.8 Å². The molecule has 39 heavy (non-hydrogen) atoms. The molecule has 0 radical (unpaired) electrons. The van der Waals surface area contributed by atoms with E-state index in [1.54, 1.807) is 48.5 Å². The van der Waals surface area contributed by atoms with Gasteiger partial charge >= 0.3 is 0 Å². The fraction of sp³-hybridized carbons (Fsp3) is 0.138. The molecule has 0 fully saturated rings. The number of hydrogen-bond donors (Lipinski definition) is 2. The Morgan fingerprint density at radius 3 is 1.97 bits per heavy atom. The number of carbonyl (C=O) groups excluding carboxylic acids is 1. The molecule has 0 aliphatic carbocycles. The lowest BCUT2D eigenvalue weighted by molar-refractivity contribution is -0.114. The fourth-order valence-corrected chi connectivity index (χ4v) is 6.41. The summed E-state index contributed by atoms with van der Waals surface area (Å²) >= 11 is 0. The van der Waals surface area contributed by atoms with Crippen molar-refractivity contribution in [2.45, 2.75) is 30.6 Å². The number of nitrogens with one attached hydrogen (secondary N) is 2. The van der Waals surface area contributed by atoms with Gasteiger partial charge in [0.1, 0.15) is 6.54 Å². The van der Waals surface area contributed by atoms with Crippen molar-refractivity contribution in [3.8, 4) is 0 Å². The molecule has 1 amide bonds. The summed E-state index contributed by atoms with van der Waals surface area (Å²) in [6, 6.07) is 25.9. The van der Waals surface area contributed by atoms with E-state index in [0.717, 1.165) is 21.0 Å². The molecule has 4 rings (SSSR count). The van der Waals surface area contributed by atoms with E-state index in [2.05, 4.69) is 10.0 Å². The minimum Gasteiger partial charge on any atom is -0.325 e. The van der Waals surface area contributed by atoms with Crippen LogP contribution in [0.2, 0.25) is 0 Å². The summed E-state index contributed by atoms with van der Waals surface area (Å²) in [6.45, 7) is 5.09. The number of aryl methyl sites for hydroxylation is 3. The lowest BCUT2D eigenvalue weighted by Gasteiger charge is -2.24. The lowest BCUT2D eigenvalue weighted by Crippen LogP contribution is -2.38. The number of anilines is 3. The first-order chi connectivity index (χ1) is 18.5. The third-order valence-corrected chi connectivity index (χ3v) is 9.20. The van der Waals surface area contributed by atoms with E-state index in [9.17, 15) is 21.6 Å². The number of hydrogen-bond acceptors (Lipinski definition) is 5. The second-order valence-electron chi connectivity index (χ2n) is 9.16. The Morgan fingerprint density at radius 2 is 1.33 bits per heavy atom. The first kappa shape index (κ1) is 27.9. The number of amides is 1. The second kappa shape index (κ2) is 11.3. The first-order valence-corrected chi connectivity index (χ1v) is 15.0. The average Bonchev–Trinajstić information content (AvgIpc) is 2.90. The molecule has 0 saturated carbocycles. The summed E-state index contributed by atoms with van der Waals surface area (Å²) < 4.78 is 56.3. The molecule has 0 bridgehead atoms. The van der Waals surface area contributed by atoms with Crippen molar-refractivity contribution in [1.82, 2.24) is 0 Å². The molecule has 0 spiro atoms. The Morgan fingerprint density at radius 1 is 0.718 bits per heavy atom. The molecule has 2 N–H and O–H groups in total. The predicted octanol–water partition coefficient (Wildman–Crippen LogP) is 5.25. The van der Waals surface area contributed by atoms with Crippen LogP contribution in [0.3, 0.4) is 0 Å². The second-order valence-corrected chi connectivity index (χ2v) is 12.7. The summed E-state index contributed by atoms with van der Waals surface area (Å²) in [6.07, 6.45) is 0. The van der Waals surface area contributed by atoms with Crippen molar-refractivity contribution in [3.05, 3.63) is 114 Å². The Balaban J connectivity index is 1.52. The zero-order valence-electron chi connectivity index (χ0n) is 21.7. The third kappa shape index (κ3) is 6.65. The van der Waals surface area contributed by atoms with Crippen LogP contribution in [-0.2, 0) is 24.8 Å². The van der Waals surface area contributed by atoms with Gasteiger partial charge < -0.3 is 5.32 Å². The smallest absolute Gasteiger partial charge is 0.264 e. The van der Waals surface area contributed by atoms with Gasteiger partial charge in [-0.15, -0.1) is 0 Å². The highest BCUT2D eigenvalue weighted by Crippen LogP contribution is 2.25. The maximum absolute atomic E-state index is 13.4. The zero-order chi connectivity index (χ0) is 28.2. The van der Waals surface area contributed by atoms with Crippen molar-refractivity contribution in [2.24, 2.45) is 0 Å². The maximum Gasteiger partial charge on any atom is 0.264 e. The Bertz CT molecular complexity index is 1690. The molecule has 4 aromatic rings. The van der Waals surface area contributed by atoms with Crippen LogP contribution < -0.4 is 14.3 Å². The van der Waals surface area contributed by atoms with E-state index < -0.39 is 32.5 Å². The quantitative estimate of drug-likeness (QED) is 0.289. The molecule has 0 atom stereocenters. The van der Waals surface area contributed by atoms with Crippen LogP contribution in [0.5, 0.6) is 0 Å². The molecular formula is C29H29N3O5S2. The van der Waals surface area contributed by atoms with Gasteiger partial charge in [-0.2, -0.15) is 0 Å². The van der Waals surface area contributed by atoms with Crippen LogP contribution >= 0.6 is 0 Å². The number of benzene rings is 4. The molecule has 8 nitrogen and oxygen atoms in total. The summed E-state index contributed by atoms with van der Waals surface area (Å²) in [7, 11) is -7.89. The zero-order valence-corrected chi connectivity index (χ0v) is 23.4. The molecule has 0 heterocycles. The molecule has 0 saturated heterocycles. The van der Waals surface area contributed by atoms with E-state index in [1.165, 1.54) is 36.4 Å². The molecule has 202 valence electrons. The number of rotatable bonds is 9. The highest BCUT2D eigenvalue weighted by molar-refractivity contribution is 7.93. The van der Waals surface area contributed by atoms with Crippen molar-refractivity contribution >= 4 is 43.0 Å². The van der Waals surface area contributed by atoms with E-state index in [1.807, 2.05) is 32.9 Å². The van der Waals surface area contributed by atoms with Crippen LogP contribution in [0, 0.1) is 20.8 Å². The van der Waals surface area contributed by atoms with Gasteiger partial charge in [0, 0.05) is 5.69 Å². The fourth-order valence-electron chi connectivity index (χ4n) is 3.84. The first-order valence-electron chi connectivity index (χ1n) is 12.1. The molecular weight excluding hydrogens is 534 g/mol. The molecule has 0 aliphatic rings. The van der Waals surface area contributed by atoms with E-state index in [0.29, 0.717) is 17.1 Å². The van der Waals surface area contributed by atoms with Crippen LogP contribution in [0.4, 0.5) is 17.1 Å². The van der Waals surface area contributed by atoms with Gasteiger partial charge in [0.2, 0.25) is 5.91 Å². The summed E-state index contributed by atoms with van der Waals surface area (Å²) in [4.78, 5) is 13.1. The minimum absolute atomic E-state index is 0.0225. The van der Waals surface area contributed by atoms with Crippen LogP contribution in [0.25, 0.3) is 0 Å². The Labute approximate surface area is 229 Å². The largest absolute Gasteiger partial charge is 0.325 e. The molecule has 0 unspecified atom stereocenters. The van der Waals surface area contributed by atoms with Gasteiger partial charge in [-0.1, -0.05) is 48.0 Å². The van der Waals surface area contributed by atoms with Crippen molar-refractivity contribution < 1.29 is 21.6 Å². The monoisotopic (exact) mass is 563 g/mol. The lowest BCUT2D eigenvalue weighted by atomic mass is 10.1. The Kier molecular flexibility index (Phi) is 8.08. The minimum atomic E-state index is -4.03. The average molecular weight is 564 g/mol. The summed E-state index contributed by atoms with van der Waals surface area (Å²) in [5.74, 6) is -0.584. The van der Waals surface area contributed by atoms with Crippen LogP contribution in [-0.4, -0.2) is 29.3 Å². The normalized spacial score (nSPS) is 11.6. The highest BCUT2D eigenvalue weighted by atomic mass is 32.2. The van der Waals surface area contributed by atoms with Gasteiger partial charge in [0.25, 0.3) is 20.0 Å². The summed E-state index contributed by atoms with van der Waals surface area (Å²) in [5.41, 5.74) is 3.82. The molecule has 10 heteroatoms. The SMILES string of the molecule is Cc1ccc(N(CC(=O)Nc2ccc(S(=O)(=O)Nc3cc(C)ccc3C)cc2)S(=O)(=O)c2ccccc2)cc1. The maximum atomic E-state index is 13.4. The standard InChI is InChI=1S/C29H29N3O5S2/c1-21-10-15-25(16-11-21)32(39(36,37)27-7-5-4-6-8-27)20-29(33)30-24-13-17-26(18-14-24)38(34,35)31-28-19-22(2)9-12-23(28)3/h4-19,31H,20H2,1-3H3,(H,30,33). The van der Waals surface area contributed by atoms with Gasteiger partial charge in [0.15, 0.2) is 0 Å². The topological polar surface area (TPSA) is 113 Å². The third-order valence-electron chi connectivity index (χ3n) is 6.03. The molecule has 0 aliphatic heterocycles. The number of sulfonamides is 2. The predicted molar refractivity (Wildman–Crippen MR) is 154 cm³/mol. The number of carbonyl (C=O) groups is 1.